The normalized spacial score (nSPS) is 17.0. The van der Waals surface area contributed by atoms with Gasteiger partial charge in [0.1, 0.15) is 5.02 Å². The van der Waals surface area contributed by atoms with Gasteiger partial charge in [0.25, 0.3) is 5.56 Å². The van der Waals surface area contributed by atoms with E-state index < -0.39 is 5.97 Å². The van der Waals surface area contributed by atoms with E-state index in [0.29, 0.717) is 12.1 Å². The predicted molar refractivity (Wildman–Crippen MR) is 99.6 cm³/mol. The SMILES string of the molecule is CN1C=C(Nc2cnn(C)c(=O)c2Cl)C[C@H](c2ccc(C(=O)O)cc2)C1. The van der Waals surface area contributed by atoms with E-state index in [2.05, 4.69) is 10.4 Å². The maximum atomic E-state index is 11.9. The number of anilines is 1. The fourth-order valence-corrected chi connectivity index (χ4v) is 3.24. The van der Waals surface area contributed by atoms with Crippen molar-refractivity contribution < 1.29 is 9.90 Å². The van der Waals surface area contributed by atoms with Gasteiger partial charge in [-0.05, 0) is 24.1 Å². The van der Waals surface area contributed by atoms with Crippen LogP contribution in [0.1, 0.15) is 28.3 Å². The molecule has 0 fully saturated rings. The fourth-order valence-electron chi connectivity index (χ4n) is 3.02. The summed E-state index contributed by atoms with van der Waals surface area (Å²) in [7, 11) is 3.51. The molecule has 2 heterocycles. The quantitative estimate of drug-likeness (QED) is 0.855. The van der Waals surface area contributed by atoms with Crippen molar-refractivity contribution in [1.29, 1.82) is 0 Å². The zero-order valence-corrected chi connectivity index (χ0v) is 15.2. The Morgan fingerprint density at radius 2 is 2.00 bits per heavy atom. The van der Waals surface area contributed by atoms with E-state index in [1.54, 1.807) is 19.2 Å². The molecule has 1 atom stereocenters. The van der Waals surface area contributed by atoms with Crippen LogP contribution in [0.5, 0.6) is 0 Å². The molecule has 2 aromatic rings. The number of carboxylic acids is 1. The monoisotopic (exact) mass is 374 g/mol. The molecule has 0 unspecified atom stereocenters. The van der Waals surface area contributed by atoms with Crippen LogP contribution in [0.3, 0.4) is 0 Å². The number of allylic oxidation sites excluding steroid dienone is 1. The Morgan fingerprint density at radius 3 is 2.65 bits per heavy atom. The molecular weight excluding hydrogens is 356 g/mol. The molecule has 3 rings (SSSR count). The second-order valence-electron chi connectivity index (χ2n) is 6.35. The minimum Gasteiger partial charge on any atom is -0.478 e. The van der Waals surface area contributed by atoms with Gasteiger partial charge in [-0.1, -0.05) is 23.7 Å². The van der Waals surface area contributed by atoms with E-state index in [1.165, 1.54) is 10.9 Å². The third-order valence-electron chi connectivity index (χ3n) is 4.35. The minimum atomic E-state index is -0.938. The number of nitrogens with one attached hydrogen (secondary N) is 1. The standard InChI is InChI=1S/C18H19ClN4O3/c1-22-9-13(11-3-5-12(6-4-11)18(25)26)7-14(10-22)21-15-8-20-23(2)17(24)16(15)19/h3-6,8,10,13,21H,7,9H2,1-2H3,(H,25,26)/t13-/m0/s1. The Bertz CT molecular complexity index is 921. The van der Waals surface area contributed by atoms with Crippen molar-refractivity contribution in [2.75, 3.05) is 18.9 Å². The number of nitrogens with zero attached hydrogens (tertiary/aromatic N) is 3. The highest BCUT2D eigenvalue weighted by atomic mass is 35.5. The highest BCUT2D eigenvalue weighted by molar-refractivity contribution is 6.33. The number of carbonyl (C=O) groups is 1. The van der Waals surface area contributed by atoms with Gasteiger partial charge >= 0.3 is 5.97 Å². The lowest BCUT2D eigenvalue weighted by atomic mass is 9.91. The van der Waals surface area contributed by atoms with Gasteiger partial charge in [-0.3, -0.25) is 4.79 Å². The molecule has 1 aromatic heterocycles. The van der Waals surface area contributed by atoms with E-state index in [4.69, 9.17) is 16.7 Å². The van der Waals surface area contributed by atoms with E-state index in [1.807, 2.05) is 30.3 Å². The number of rotatable bonds is 4. The van der Waals surface area contributed by atoms with Crippen molar-refractivity contribution in [2.24, 2.45) is 7.05 Å². The lowest BCUT2D eigenvalue weighted by molar-refractivity contribution is 0.0697. The van der Waals surface area contributed by atoms with Crippen LogP contribution in [0, 0.1) is 0 Å². The highest BCUT2D eigenvalue weighted by Gasteiger charge is 2.21. The van der Waals surface area contributed by atoms with Gasteiger partial charge in [-0.2, -0.15) is 5.10 Å². The van der Waals surface area contributed by atoms with Crippen molar-refractivity contribution in [3.05, 3.63) is 68.9 Å². The van der Waals surface area contributed by atoms with E-state index in [9.17, 15) is 9.59 Å². The number of likely N-dealkylation sites (N-methyl/N-ethyl adjacent to an activating group) is 1. The van der Waals surface area contributed by atoms with Gasteiger partial charge in [-0.15, -0.1) is 0 Å². The van der Waals surface area contributed by atoms with Gasteiger partial charge in [-0.25, -0.2) is 9.48 Å². The first-order valence-corrected chi connectivity index (χ1v) is 8.46. The average molecular weight is 375 g/mol. The second-order valence-corrected chi connectivity index (χ2v) is 6.73. The first-order chi connectivity index (χ1) is 12.3. The van der Waals surface area contributed by atoms with Gasteiger partial charge in [0, 0.05) is 38.5 Å². The van der Waals surface area contributed by atoms with Gasteiger partial charge in [0.2, 0.25) is 0 Å². The first-order valence-electron chi connectivity index (χ1n) is 8.08. The third kappa shape index (κ3) is 3.72. The predicted octanol–water partition coefficient (Wildman–Crippen LogP) is 2.50. The molecule has 0 saturated carbocycles. The van der Waals surface area contributed by atoms with Gasteiger partial charge in [0.15, 0.2) is 0 Å². The summed E-state index contributed by atoms with van der Waals surface area (Å²) in [5.74, 6) is -0.749. The molecule has 0 spiro atoms. The minimum absolute atomic E-state index is 0.0963. The smallest absolute Gasteiger partial charge is 0.335 e. The summed E-state index contributed by atoms with van der Waals surface area (Å²) in [6.07, 6.45) is 4.20. The van der Waals surface area contributed by atoms with Crippen molar-refractivity contribution in [3.63, 3.8) is 0 Å². The van der Waals surface area contributed by atoms with Gasteiger partial charge < -0.3 is 15.3 Å². The Hall–Kier alpha value is -2.80. The van der Waals surface area contributed by atoms with Gasteiger partial charge in [0.05, 0.1) is 17.4 Å². The molecule has 0 aliphatic carbocycles. The molecule has 26 heavy (non-hydrogen) atoms. The number of hydrogen-bond acceptors (Lipinski definition) is 5. The Kier molecular flexibility index (Phi) is 4.99. The van der Waals surface area contributed by atoms with Crippen molar-refractivity contribution in [2.45, 2.75) is 12.3 Å². The summed E-state index contributed by atoms with van der Waals surface area (Å²) in [4.78, 5) is 25.0. The molecule has 1 aliphatic heterocycles. The summed E-state index contributed by atoms with van der Waals surface area (Å²) < 4.78 is 1.18. The highest BCUT2D eigenvalue weighted by Crippen LogP contribution is 2.30. The molecule has 136 valence electrons. The zero-order chi connectivity index (χ0) is 18.8. The van der Waals surface area contributed by atoms with Crippen LogP contribution in [0.15, 0.2) is 47.2 Å². The zero-order valence-electron chi connectivity index (χ0n) is 14.4. The number of hydrogen-bond donors (Lipinski definition) is 2. The fraction of sp³-hybridized carbons (Fsp3) is 0.278. The summed E-state index contributed by atoms with van der Waals surface area (Å²) in [5, 5.41) is 16.3. The maximum Gasteiger partial charge on any atom is 0.335 e. The average Bonchev–Trinajstić information content (AvgIpc) is 2.62. The number of aryl methyl sites for hydroxylation is 1. The topological polar surface area (TPSA) is 87.5 Å². The van der Waals surface area contributed by atoms with E-state index in [-0.39, 0.29) is 22.1 Å². The molecular formula is C18H19ClN4O3. The third-order valence-corrected chi connectivity index (χ3v) is 4.72. The van der Waals surface area contributed by atoms with Crippen molar-refractivity contribution in [1.82, 2.24) is 14.7 Å². The van der Waals surface area contributed by atoms with Crippen LogP contribution in [0.4, 0.5) is 5.69 Å². The summed E-state index contributed by atoms with van der Waals surface area (Å²) >= 11 is 6.12. The summed E-state index contributed by atoms with van der Waals surface area (Å²) in [6.45, 7) is 0.806. The summed E-state index contributed by atoms with van der Waals surface area (Å²) in [5.41, 5.74) is 2.34. The molecule has 8 heteroatoms. The Balaban J connectivity index is 1.81. The molecule has 0 saturated heterocycles. The molecule has 0 amide bonds. The number of benzene rings is 1. The molecule has 2 N–H and O–H groups in total. The van der Waals surface area contributed by atoms with Crippen molar-refractivity contribution in [3.8, 4) is 0 Å². The second kappa shape index (κ2) is 7.21. The van der Waals surface area contributed by atoms with Crippen LogP contribution in [0.2, 0.25) is 5.02 Å². The maximum absolute atomic E-state index is 11.9. The number of carboxylic acid groups (broad SMARTS) is 1. The first kappa shape index (κ1) is 18.0. The van der Waals surface area contributed by atoms with Crippen LogP contribution in [-0.2, 0) is 7.05 Å². The van der Waals surface area contributed by atoms with Crippen LogP contribution in [0.25, 0.3) is 0 Å². The van der Waals surface area contributed by atoms with Crippen molar-refractivity contribution >= 4 is 23.3 Å². The molecule has 0 bridgehead atoms. The lowest BCUT2D eigenvalue weighted by Crippen LogP contribution is -2.28. The molecule has 7 nitrogen and oxygen atoms in total. The Morgan fingerprint density at radius 1 is 1.31 bits per heavy atom. The molecule has 1 aromatic carbocycles. The lowest BCUT2D eigenvalue weighted by Gasteiger charge is -2.31. The molecule has 0 radical (unpaired) electrons. The Labute approximate surface area is 155 Å². The van der Waals surface area contributed by atoms with E-state index in [0.717, 1.165) is 17.8 Å². The van der Waals surface area contributed by atoms with Crippen LogP contribution in [-0.4, -0.2) is 39.3 Å². The van der Waals surface area contributed by atoms with Crippen LogP contribution < -0.4 is 10.9 Å². The van der Waals surface area contributed by atoms with Crippen LogP contribution >= 0.6 is 11.6 Å². The number of halogens is 1. The molecule has 1 aliphatic rings. The van der Waals surface area contributed by atoms with E-state index >= 15 is 0 Å². The summed E-state index contributed by atoms with van der Waals surface area (Å²) in [6, 6.07) is 6.92. The largest absolute Gasteiger partial charge is 0.478 e. The number of aromatic carboxylic acids is 1. The number of aromatic nitrogens is 2.